The summed E-state index contributed by atoms with van der Waals surface area (Å²) in [5.74, 6) is -0.584. The first-order valence-electron chi connectivity index (χ1n) is 6.99. The Kier molecular flexibility index (Phi) is 3.81. The lowest BCUT2D eigenvalue weighted by Crippen LogP contribution is -2.15. The number of nitrogens with zero attached hydrogens (tertiary/aromatic N) is 5. The molecule has 2 aromatic heterocycles. The third-order valence-corrected chi connectivity index (χ3v) is 3.57. The number of fused-ring (bicyclic) bond motifs is 1. The Bertz CT molecular complexity index is 859. The molecule has 3 rings (SSSR count). The molecule has 0 aliphatic carbocycles. The number of rotatable bonds is 4. The van der Waals surface area contributed by atoms with E-state index in [4.69, 9.17) is 0 Å². The highest BCUT2D eigenvalue weighted by molar-refractivity contribution is 5.88. The minimum absolute atomic E-state index is 0.348. The summed E-state index contributed by atoms with van der Waals surface area (Å²) in [6, 6.07) is 2.16. The summed E-state index contributed by atoms with van der Waals surface area (Å²) in [6.45, 7) is 0.447. The van der Waals surface area contributed by atoms with Crippen LogP contribution in [0.4, 0.5) is 20.5 Å². The van der Waals surface area contributed by atoms with Gasteiger partial charge in [0, 0.05) is 32.6 Å². The van der Waals surface area contributed by atoms with Crippen molar-refractivity contribution in [2.75, 3.05) is 24.3 Å². The van der Waals surface area contributed by atoms with Gasteiger partial charge in [-0.05, 0) is 6.07 Å². The first-order valence-corrected chi connectivity index (χ1v) is 6.99. The van der Waals surface area contributed by atoms with Crippen molar-refractivity contribution in [3.05, 3.63) is 42.0 Å². The third-order valence-electron chi connectivity index (χ3n) is 3.57. The summed E-state index contributed by atoms with van der Waals surface area (Å²) in [6.07, 6.45) is 3.07. The zero-order chi connectivity index (χ0) is 16.6. The Balaban J connectivity index is 1.89. The minimum Gasteiger partial charge on any atom is -0.364 e. The molecule has 1 N–H and O–H groups in total. The van der Waals surface area contributed by atoms with Gasteiger partial charge in [0.25, 0.3) is 0 Å². The minimum atomic E-state index is -0.926. The number of imidazole rings is 1. The van der Waals surface area contributed by atoms with Crippen molar-refractivity contribution in [3.8, 4) is 0 Å². The zero-order valence-electron chi connectivity index (χ0n) is 13.0. The number of benzene rings is 1. The van der Waals surface area contributed by atoms with Crippen molar-refractivity contribution in [3.63, 3.8) is 0 Å². The lowest BCUT2D eigenvalue weighted by atomic mass is 10.2. The van der Waals surface area contributed by atoms with Gasteiger partial charge >= 0.3 is 0 Å². The van der Waals surface area contributed by atoms with Crippen molar-refractivity contribution in [1.29, 1.82) is 0 Å². The molecule has 0 aliphatic rings. The number of hydrogen-bond donors (Lipinski definition) is 1. The number of nitrogens with one attached hydrogen (secondary N) is 1. The molecule has 0 spiro atoms. The van der Waals surface area contributed by atoms with Gasteiger partial charge in [-0.2, -0.15) is 0 Å². The van der Waals surface area contributed by atoms with Gasteiger partial charge in [0.05, 0.1) is 24.0 Å². The quantitative estimate of drug-likeness (QED) is 0.800. The summed E-state index contributed by atoms with van der Waals surface area (Å²) in [5.41, 5.74) is 1.28. The van der Waals surface area contributed by atoms with E-state index in [2.05, 4.69) is 20.3 Å². The van der Waals surface area contributed by atoms with Gasteiger partial charge in [0.1, 0.15) is 12.1 Å². The van der Waals surface area contributed by atoms with E-state index >= 15 is 0 Å². The molecule has 0 atom stereocenters. The third kappa shape index (κ3) is 2.79. The molecule has 0 fully saturated rings. The highest BCUT2D eigenvalue weighted by atomic mass is 19.2. The average molecular weight is 318 g/mol. The summed E-state index contributed by atoms with van der Waals surface area (Å²) >= 11 is 0. The van der Waals surface area contributed by atoms with E-state index in [1.54, 1.807) is 6.20 Å². The molecule has 0 radical (unpaired) electrons. The summed E-state index contributed by atoms with van der Waals surface area (Å²) in [7, 11) is 5.73. The highest BCUT2D eigenvalue weighted by Crippen LogP contribution is 2.23. The molecule has 0 saturated carbocycles. The Labute approximate surface area is 131 Å². The Morgan fingerprint density at radius 1 is 1.13 bits per heavy atom. The Morgan fingerprint density at radius 2 is 1.87 bits per heavy atom. The smallest absolute Gasteiger partial charge is 0.204 e. The molecule has 8 heteroatoms. The normalized spacial score (nSPS) is 11.0. The number of aromatic nitrogens is 4. The second kappa shape index (κ2) is 5.79. The van der Waals surface area contributed by atoms with Crippen LogP contribution in [0.5, 0.6) is 0 Å². The van der Waals surface area contributed by atoms with Crippen LogP contribution in [0.3, 0.4) is 0 Å². The van der Waals surface area contributed by atoms with Crippen LogP contribution >= 0.6 is 0 Å². The van der Waals surface area contributed by atoms with Gasteiger partial charge in [-0.15, -0.1) is 0 Å². The van der Waals surface area contributed by atoms with E-state index < -0.39 is 11.6 Å². The zero-order valence-corrected chi connectivity index (χ0v) is 13.0. The first-order chi connectivity index (χ1) is 11.0. The fourth-order valence-electron chi connectivity index (χ4n) is 2.38. The maximum absolute atomic E-state index is 13.5. The van der Waals surface area contributed by atoms with E-state index in [1.807, 2.05) is 30.6 Å². The van der Waals surface area contributed by atoms with Crippen molar-refractivity contribution in [1.82, 2.24) is 19.5 Å². The van der Waals surface area contributed by atoms with Gasteiger partial charge in [0.2, 0.25) is 5.95 Å². The van der Waals surface area contributed by atoms with Crippen molar-refractivity contribution >= 4 is 22.7 Å². The van der Waals surface area contributed by atoms with Crippen molar-refractivity contribution < 1.29 is 8.78 Å². The van der Waals surface area contributed by atoms with Crippen molar-refractivity contribution in [2.24, 2.45) is 7.05 Å². The lowest BCUT2D eigenvalue weighted by molar-refractivity contribution is 0.510. The lowest BCUT2D eigenvalue weighted by Gasteiger charge is -2.13. The molecular weight excluding hydrogens is 302 g/mol. The molecule has 0 unspecified atom stereocenters. The maximum atomic E-state index is 13.5. The molecule has 0 aliphatic heterocycles. The topological polar surface area (TPSA) is 58.9 Å². The van der Waals surface area contributed by atoms with Crippen LogP contribution in [-0.4, -0.2) is 33.6 Å². The second-order valence-electron chi connectivity index (χ2n) is 5.36. The number of halogens is 2. The molecule has 23 heavy (non-hydrogen) atoms. The molecule has 2 heterocycles. The largest absolute Gasteiger partial charge is 0.364 e. The van der Waals surface area contributed by atoms with Gasteiger partial charge < -0.3 is 14.8 Å². The predicted octanol–water partition coefficient (Wildman–Crippen LogP) is 2.32. The first kappa shape index (κ1) is 15.1. The fraction of sp³-hybridized carbons (Fsp3) is 0.267. The summed E-state index contributed by atoms with van der Waals surface area (Å²) in [5, 5.41) is 3.56. The molecule has 120 valence electrons. The van der Waals surface area contributed by atoms with E-state index in [0.717, 1.165) is 23.8 Å². The predicted molar refractivity (Wildman–Crippen MR) is 84.3 cm³/mol. The van der Waals surface area contributed by atoms with Gasteiger partial charge in [0.15, 0.2) is 11.6 Å². The average Bonchev–Trinajstić information content (AvgIpc) is 2.87. The molecule has 0 amide bonds. The summed E-state index contributed by atoms with van der Waals surface area (Å²) in [4.78, 5) is 14.3. The molecule has 1 aromatic carbocycles. The molecule has 0 bridgehead atoms. The van der Waals surface area contributed by atoms with Crippen LogP contribution in [0.2, 0.25) is 0 Å². The van der Waals surface area contributed by atoms with Gasteiger partial charge in [-0.3, -0.25) is 0 Å². The number of anilines is 2. The fourth-order valence-corrected chi connectivity index (χ4v) is 2.38. The Morgan fingerprint density at radius 3 is 2.57 bits per heavy atom. The standard InChI is InChI=1S/C15H16F2N6/c1-22(2)15-19-7-9(23(15)3)6-18-14-10-4-11(16)12(17)5-13(10)20-8-21-14/h4-5,7-8H,6H2,1-3H3,(H,18,20,21). The molecule has 6 nitrogen and oxygen atoms in total. The summed E-state index contributed by atoms with van der Waals surface area (Å²) < 4.78 is 28.7. The van der Waals surface area contributed by atoms with Crippen LogP contribution in [0, 0.1) is 11.6 Å². The van der Waals surface area contributed by atoms with E-state index in [-0.39, 0.29) is 0 Å². The van der Waals surface area contributed by atoms with Gasteiger partial charge in [-0.1, -0.05) is 0 Å². The van der Waals surface area contributed by atoms with E-state index in [1.165, 1.54) is 6.33 Å². The van der Waals surface area contributed by atoms with Crippen LogP contribution in [0.25, 0.3) is 10.9 Å². The van der Waals surface area contributed by atoms with Crippen LogP contribution < -0.4 is 10.2 Å². The van der Waals surface area contributed by atoms with Crippen molar-refractivity contribution in [2.45, 2.75) is 6.54 Å². The molecule has 3 aromatic rings. The maximum Gasteiger partial charge on any atom is 0.204 e. The van der Waals surface area contributed by atoms with Crippen LogP contribution in [-0.2, 0) is 13.6 Å². The SMILES string of the molecule is CN(C)c1ncc(CNc2ncnc3cc(F)c(F)cc23)n1C. The van der Waals surface area contributed by atoms with E-state index in [0.29, 0.717) is 23.3 Å². The number of hydrogen-bond acceptors (Lipinski definition) is 5. The van der Waals surface area contributed by atoms with E-state index in [9.17, 15) is 8.78 Å². The van der Waals surface area contributed by atoms with Crippen LogP contribution in [0.15, 0.2) is 24.7 Å². The van der Waals surface area contributed by atoms with Gasteiger partial charge in [-0.25, -0.2) is 23.7 Å². The van der Waals surface area contributed by atoms with Crippen LogP contribution in [0.1, 0.15) is 5.69 Å². The molecular formula is C15H16F2N6. The second-order valence-corrected chi connectivity index (χ2v) is 5.36. The Hall–Kier alpha value is -2.77. The highest BCUT2D eigenvalue weighted by Gasteiger charge is 2.11. The monoisotopic (exact) mass is 318 g/mol. The molecule has 0 saturated heterocycles.